The molecule has 0 aliphatic rings. The summed E-state index contributed by atoms with van der Waals surface area (Å²) in [5, 5.41) is 9.01. The predicted molar refractivity (Wildman–Crippen MR) is 59.1 cm³/mol. The number of nitrogens with zero attached hydrogens (tertiary/aromatic N) is 1. The summed E-state index contributed by atoms with van der Waals surface area (Å²) in [7, 11) is 0. The SMILES string of the molecule is OCc1c(CCl)ncc(OC(F)(F)F)c1I. The van der Waals surface area contributed by atoms with E-state index in [0.717, 1.165) is 6.20 Å². The molecular weight excluding hydrogens is 361 g/mol. The van der Waals surface area contributed by atoms with E-state index in [2.05, 4.69) is 9.72 Å². The smallest absolute Gasteiger partial charge is 0.403 e. The monoisotopic (exact) mass is 367 g/mol. The van der Waals surface area contributed by atoms with Gasteiger partial charge in [0, 0.05) is 5.56 Å². The molecule has 1 aromatic rings. The number of ether oxygens (including phenoxy) is 1. The first kappa shape index (κ1) is 13.8. The Bertz CT molecular complexity index is 386. The number of aromatic nitrogens is 1. The topological polar surface area (TPSA) is 42.4 Å². The number of aliphatic hydroxyl groups is 1. The van der Waals surface area contributed by atoms with Crippen molar-refractivity contribution < 1.29 is 23.0 Å². The van der Waals surface area contributed by atoms with Gasteiger partial charge in [-0.05, 0) is 22.6 Å². The standard InChI is InChI=1S/C8H6ClF3INO2/c9-1-5-4(3-15)7(13)6(2-14-5)16-8(10,11)12/h2,15H,1,3H2. The van der Waals surface area contributed by atoms with Crippen LogP contribution in [-0.4, -0.2) is 16.5 Å². The minimum atomic E-state index is -4.78. The van der Waals surface area contributed by atoms with E-state index >= 15 is 0 Å². The van der Waals surface area contributed by atoms with Crippen LogP contribution in [0.4, 0.5) is 13.2 Å². The molecule has 0 unspecified atom stereocenters. The van der Waals surface area contributed by atoms with Crippen LogP contribution in [0.15, 0.2) is 6.20 Å². The quantitative estimate of drug-likeness (QED) is 0.660. The van der Waals surface area contributed by atoms with Crippen LogP contribution in [-0.2, 0) is 12.5 Å². The lowest BCUT2D eigenvalue weighted by molar-refractivity contribution is -0.275. The fourth-order valence-corrected chi connectivity index (χ4v) is 1.98. The first-order chi connectivity index (χ1) is 7.39. The Morgan fingerprint density at radius 1 is 1.50 bits per heavy atom. The highest BCUT2D eigenvalue weighted by molar-refractivity contribution is 14.1. The molecule has 0 aliphatic heterocycles. The van der Waals surface area contributed by atoms with Gasteiger partial charge >= 0.3 is 6.36 Å². The van der Waals surface area contributed by atoms with E-state index in [1.807, 2.05) is 0 Å². The number of hydrogen-bond acceptors (Lipinski definition) is 3. The van der Waals surface area contributed by atoms with Crippen LogP contribution in [0.2, 0.25) is 0 Å². The van der Waals surface area contributed by atoms with E-state index in [1.54, 1.807) is 22.6 Å². The van der Waals surface area contributed by atoms with Gasteiger partial charge in [0.2, 0.25) is 0 Å². The van der Waals surface area contributed by atoms with E-state index in [4.69, 9.17) is 16.7 Å². The van der Waals surface area contributed by atoms with E-state index in [-0.39, 0.29) is 15.0 Å². The van der Waals surface area contributed by atoms with E-state index in [1.165, 1.54) is 0 Å². The number of halogens is 5. The van der Waals surface area contributed by atoms with Crippen LogP contribution in [0.1, 0.15) is 11.3 Å². The second kappa shape index (κ2) is 5.37. The molecule has 16 heavy (non-hydrogen) atoms. The molecule has 8 heteroatoms. The highest BCUT2D eigenvalue weighted by Gasteiger charge is 2.32. The van der Waals surface area contributed by atoms with Crippen molar-refractivity contribution in [3.05, 3.63) is 21.0 Å². The highest BCUT2D eigenvalue weighted by atomic mass is 127. The molecule has 0 amide bonds. The van der Waals surface area contributed by atoms with Crippen molar-refractivity contribution in [2.75, 3.05) is 0 Å². The van der Waals surface area contributed by atoms with Gasteiger partial charge in [-0.3, -0.25) is 4.98 Å². The van der Waals surface area contributed by atoms with E-state index < -0.39 is 18.7 Å². The third-order valence-electron chi connectivity index (χ3n) is 1.68. The second-order valence-electron chi connectivity index (χ2n) is 2.70. The van der Waals surface area contributed by atoms with Gasteiger partial charge in [-0.2, -0.15) is 0 Å². The van der Waals surface area contributed by atoms with Crippen molar-refractivity contribution in [2.24, 2.45) is 0 Å². The first-order valence-corrected chi connectivity index (χ1v) is 5.59. The lowest BCUT2D eigenvalue weighted by Crippen LogP contribution is -2.18. The Balaban J connectivity index is 3.14. The molecule has 3 nitrogen and oxygen atoms in total. The number of pyridine rings is 1. The summed E-state index contributed by atoms with van der Waals surface area (Å²) in [4.78, 5) is 3.69. The lowest BCUT2D eigenvalue weighted by Gasteiger charge is -2.13. The molecule has 0 fully saturated rings. The summed E-state index contributed by atoms with van der Waals surface area (Å²) < 4.78 is 39.9. The molecule has 0 atom stereocenters. The number of alkyl halides is 4. The number of aliphatic hydroxyl groups excluding tert-OH is 1. The molecule has 1 rings (SSSR count). The van der Waals surface area contributed by atoms with Gasteiger partial charge in [0.1, 0.15) is 0 Å². The Morgan fingerprint density at radius 3 is 2.56 bits per heavy atom. The van der Waals surface area contributed by atoms with Crippen LogP contribution in [0.3, 0.4) is 0 Å². The zero-order chi connectivity index (χ0) is 12.3. The van der Waals surface area contributed by atoms with Crippen LogP contribution in [0.25, 0.3) is 0 Å². The van der Waals surface area contributed by atoms with Gasteiger partial charge < -0.3 is 9.84 Å². The first-order valence-electron chi connectivity index (χ1n) is 3.98. The molecule has 90 valence electrons. The van der Waals surface area contributed by atoms with Gasteiger partial charge in [0.15, 0.2) is 5.75 Å². The Labute approximate surface area is 108 Å². The van der Waals surface area contributed by atoms with Gasteiger partial charge in [-0.15, -0.1) is 24.8 Å². The molecule has 0 saturated carbocycles. The summed E-state index contributed by atoms with van der Waals surface area (Å²) >= 11 is 7.17. The van der Waals surface area contributed by atoms with Crippen molar-refractivity contribution in [1.82, 2.24) is 4.98 Å². The largest absolute Gasteiger partial charge is 0.573 e. The fourth-order valence-electron chi connectivity index (χ4n) is 1.02. The summed E-state index contributed by atoms with van der Waals surface area (Å²) in [6.45, 7) is -0.442. The van der Waals surface area contributed by atoms with Crippen molar-refractivity contribution in [2.45, 2.75) is 18.8 Å². The number of hydrogen-bond donors (Lipinski definition) is 1. The molecular formula is C8H6ClF3INO2. The average molecular weight is 367 g/mol. The normalized spacial score (nSPS) is 11.6. The van der Waals surface area contributed by atoms with Crippen molar-refractivity contribution >= 4 is 34.2 Å². The molecule has 1 N–H and O–H groups in total. The molecule has 0 saturated heterocycles. The summed E-state index contributed by atoms with van der Waals surface area (Å²) in [5.74, 6) is -0.427. The third kappa shape index (κ3) is 3.36. The van der Waals surface area contributed by atoms with Crippen molar-refractivity contribution in [1.29, 1.82) is 0 Å². The van der Waals surface area contributed by atoms with Crippen LogP contribution >= 0.6 is 34.2 Å². The zero-order valence-corrected chi connectivity index (χ0v) is 10.6. The van der Waals surface area contributed by atoms with Crippen LogP contribution < -0.4 is 4.74 Å². The van der Waals surface area contributed by atoms with Crippen LogP contribution in [0.5, 0.6) is 5.75 Å². The molecule has 1 aromatic heterocycles. The summed E-state index contributed by atoms with van der Waals surface area (Å²) in [6.07, 6.45) is -3.84. The van der Waals surface area contributed by atoms with Gasteiger partial charge in [0.25, 0.3) is 0 Å². The fraction of sp³-hybridized carbons (Fsp3) is 0.375. The second-order valence-corrected chi connectivity index (χ2v) is 4.05. The van der Waals surface area contributed by atoms with E-state index in [9.17, 15) is 13.2 Å². The molecule has 0 spiro atoms. The minimum absolute atomic E-state index is 0.0121. The number of rotatable bonds is 3. The third-order valence-corrected chi connectivity index (χ3v) is 3.11. The van der Waals surface area contributed by atoms with E-state index in [0.29, 0.717) is 5.69 Å². The Morgan fingerprint density at radius 2 is 2.12 bits per heavy atom. The zero-order valence-electron chi connectivity index (χ0n) is 7.68. The maximum atomic E-state index is 12.0. The van der Waals surface area contributed by atoms with Gasteiger partial charge in [-0.25, -0.2) is 0 Å². The maximum absolute atomic E-state index is 12.0. The lowest BCUT2D eigenvalue weighted by atomic mass is 10.2. The molecule has 0 bridgehead atoms. The predicted octanol–water partition coefficient (Wildman–Crippen LogP) is 2.82. The van der Waals surface area contributed by atoms with Gasteiger partial charge in [-0.1, -0.05) is 0 Å². The molecule has 1 heterocycles. The highest BCUT2D eigenvalue weighted by Crippen LogP contribution is 2.30. The minimum Gasteiger partial charge on any atom is -0.403 e. The van der Waals surface area contributed by atoms with Crippen LogP contribution in [0, 0.1) is 3.57 Å². The van der Waals surface area contributed by atoms with Crippen molar-refractivity contribution in [3.63, 3.8) is 0 Å². The van der Waals surface area contributed by atoms with Gasteiger partial charge in [0.05, 0.1) is 27.9 Å². The molecule has 0 radical (unpaired) electrons. The molecule has 0 aliphatic carbocycles. The maximum Gasteiger partial charge on any atom is 0.573 e. The Hall–Kier alpha value is -0.280. The average Bonchev–Trinajstić information content (AvgIpc) is 2.19. The summed E-state index contributed by atoms with van der Waals surface area (Å²) in [6, 6.07) is 0. The van der Waals surface area contributed by atoms with Crippen molar-refractivity contribution in [3.8, 4) is 5.75 Å². The summed E-state index contributed by atoms with van der Waals surface area (Å²) in [5.41, 5.74) is 0.584. The molecule has 0 aromatic carbocycles. The Kier molecular flexibility index (Phi) is 4.62.